The first-order valence-corrected chi connectivity index (χ1v) is 12.2. The van der Waals surface area contributed by atoms with Crippen molar-refractivity contribution in [1.29, 1.82) is 5.26 Å². The minimum atomic E-state index is 0.0558. The standard InChI is InChI=1S/C26H26N4O2S/c1-26(2)15-19-20(16-27)24(28-23(21(19)17-33-26)22-9-6-14-32-22)29-10-12-30(13-11-29)25(31)18-7-4-3-5-8-18/h3-9,14H,10-13,15,17H2,1-2H3/p+1. The van der Waals surface area contributed by atoms with E-state index < -0.39 is 0 Å². The molecule has 2 aliphatic rings. The van der Waals surface area contributed by atoms with Gasteiger partial charge in [-0.2, -0.15) is 17.0 Å². The lowest BCUT2D eigenvalue weighted by Crippen LogP contribution is -2.50. The number of pyridine rings is 1. The van der Waals surface area contributed by atoms with Gasteiger partial charge in [0, 0.05) is 21.6 Å². The molecule has 0 atom stereocenters. The van der Waals surface area contributed by atoms with E-state index in [4.69, 9.17) is 4.42 Å². The first-order chi connectivity index (χ1) is 16.0. The highest BCUT2D eigenvalue weighted by molar-refractivity contribution is 7.99. The van der Waals surface area contributed by atoms with E-state index in [9.17, 15) is 10.1 Å². The van der Waals surface area contributed by atoms with E-state index in [1.807, 2.05) is 59.1 Å². The van der Waals surface area contributed by atoms with Gasteiger partial charge in [0.2, 0.25) is 0 Å². The van der Waals surface area contributed by atoms with Crippen molar-refractivity contribution < 1.29 is 14.2 Å². The topological polar surface area (TPSA) is 74.6 Å². The van der Waals surface area contributed by atoms with Gasteiger partial charge in [-0.15, -0.1) is 0 Å². The van der Waals surface area contributed by atoms with Crippen LogP contribution in [0.15, 0.2) is 53.1 Å². The molecule has 33 heavy (non-hydrogen) atoms. The van der Waals surface area contributed by atoms with Crippen LogP contribution in [0.1, 0.15) is 40.9 Å². The van der Waals surface area contributed by atoms with Crippen LogP contribution in [0.5, 0.6) is 0 Å². The summed E-state index contributed by atoms with van der Waals surface area (Å²) in [5.41, 5.74) is 4.66. The van der Waals surface area contributed by atoms with Crippen LogP contribution in [0.4, 0.5) is 5.82 Å². The van der Waals surface area contributed by atoms with Gasteiger partial charge in [0.1, 0.15) is 24.7 Å². The molecule has 1 fully saturated rings. The second-order valence-electron chi connectivity index (χ2n) is 9.14. The van der Waals surface area contributed by atoms with Crippen LogP contribution in [0, 0.1) is 11.3 Å². The molecule has 6 nitrogen and oxygen atoms in total. The predicted octanol–water partition coefficient (Wildman–Crippen LogP) is 4.16. The van der Waals surface area contributed by atoms with Crippen molar-refractivity contribution in [3.8, 4) is 17.5 Å². The summed E-state index contributed by atoms with van der Waals surface area (Å²) in [4.78, 5) is 20.5. The summed E-state index contributed by atoms with van der Waals surface area (Å²) in [6, 6.07) is 15.8. The summed E-state index contributed by atoms with van der Waals surface area (Å²) >= 11 is 1.91. The largest absolute Gasteiger partial charge is 0.461 e. The molecule has 3 aromatic rings. The van der Waals surface area contributed by atoms with Crippen LogP contribution in [0.3, 0.4) is 0 Å². The van der Waals surface area contributed by atoms with E-state index in [1.165, 1.54) is 0 Å². The highest BCUT2D eigenvalue weighted by atomic mass is 32.2. The van der Waals surface area contributed by atoms with Crippen LogP contribution in [0.2, 0.25) is 0 Å². The zero-order valence-corrected chi connectivity index (χ0v) is 19.7. The van der Waals surface area contributed by atoms with Gasteiger partial charge in [-0.3, -0.25) is 9.69 Å². The first-order valence-electron chi connectivity index (χ1n) is 11.2. The molecule has 0 aliphatic carbocycles. The first kappa shape index (κ1) is 21.6. The number of anilines is 1. The molecule has 1 aromatic carbocycles. The number of benzene rings is 1. The Kier molecular flexibility index (Phi) is 5.63. The zero-order chi connectivity index (χ0) is 23.0. The molecule has 2 aromatic heterocycles. The lowest BCUT2D eigenvalue weighted by Gasteiger charge is -2.34. The number of nitriles is 1. The third-order valence-corrected chi connectivity index (χ3v) is 7.80. The van der Waals surface area contributed by atoms with Crippen molar-refractivity contribution in [2.75, 3.05) is 31.1 Å². The number of aromatic nitrogens is 1. The summed E-state index contributed by atoms with van der Waals surface area (Å²) < 4.78 is 5.82. The monoisotopic (exact) mass is 459 g/mol. The minimum Gasteiger partial charge on any atom is -0.461 e. The van der Waals surface area contributed by atoms with Crippen LogP contribution in [0.25, 0.3) is 11.5 Å². The van der Waals surface area contributed by atoms with Gasteiger partial charge in [-0.1, -0.05) is 32.0 Å². The van der Waals surface area contributed by atoms with Crippen molar-refractivity contribution >= 4 is 23.5 Å². The number of hydrogen-bond donors (Lipinski definition) is 0. The SMILES string of the molecule is CC1(C)Cc2c(C#N)c(N3CCN(C(=O)c4ccccc4)CC3)[nH+]c(-c3ccco3)c2CS1. The smallest absolute Gasteiger partial charge is 0.293 e. The Balaban J connectivity index is 1.48. The van der Waals surface area contributed by atoms with Crippen molar-refractivity contribution in [3.63, 3.8) is 0 Å². The van der Waals surface area contributed by atoms with Gasteiger partial charge in [0.05, 0.1) is 19.4 Å². The second-order valence-corrected chi connectivity index (χ2v) is 10.8. The molecule has 0 spiro atoms. The van der Waals surface area contributed by atoms with Gasteiger partial charge in [0.25, 0.3) is 11.7 Å². The Morgan fingerprint density at radius 2 is 1.85 bits per heavy atom. The molecule has 2 aliphatic heterocycles. The van der Waals surface area contributed by atoms with Gasteiger partial charge < -0.3 is 9.32 Å². The number of rotatable bonds is 3. The molecule has 0 unspecified atom stereocenters. The molecule has 1 N–H and O–H groups in total. The molecular formula is C26H27N4O2S+. The predicted molar refractivity (Wildman–Crippen MR) is 129 cm³/mol. The van der Waals surface area contributed by atoms with E-state index >= 15 is 0 Å². The lowest BCUT2D eigenvalue weighted by atomic mass is 9.91. The molecule has 0 bridgehead atoms. The number of nitrogens with one attached hydrogen (secondary N) is 1. The van der Waals surface area contributed by atoms with Gasteiger partial charge in [-0.25, -0.2) is 4.98 Å². The fourth-order valence-electron chi connectivity index (χ4n) is 4.68. The maximum absolute atomic E-state index is 12.9. The summed E-state index contributed by atoms with van der Waals surface area (Å²) in [6.45, 7) is 7.02. The molecule has 1 saturated heterocycles. The minimum absolute atomic E-state index is 0.0558. The Morgan fingerprint density at radius 3 is 2.52 bits per heavy atom. The molecule has 168 valence electrons. The molecule has 0 radical (unpaired) electrons. The molecule has 7 heteroatoms. The number of carbonyl (C=O) groups excluding carboxylic acids is 1. The second kappa shape index (κ2) is 8.60. The Bertz CT molecular complexity index is 1210. The molecule has 0 saturated carbocycles. The van der Waals surface area contributed by atoms with Gasteiger partial charge >= 0.3 is 0 Å². The van der Waals surface area contributed by atoms with Crippen LogP contribution < -0.4 is 9.88 Å². The number of thioether (sulfide) groups is 1. The fourth-order valence-corrected chi connectivity index (χ4v) is 5.78. The van der Waals surface area contributed by atoms with Gasteiger partial charge in [0.15, 0.2) is 11.5 Å². The molecule has 4 heterocycles. The third-order valence-electron chi connectivity index (χ3n) is 6.44. The quantitative estimate of drug-likeness (QED) is 0.588. The number of piperazine rings is 1. The van der Waals surface area contributed by atoms with Gasteiger partial charge in [-0.05, 0) is 36.2 Å². The number of furan rings is 1. The molecule has 1 amide bonds. The summed E-state index contributed by atoms with van der Waals surface area (Å²) in [6.07, 6.45) is 2.51. The van der Waals surface area contributed by atoms with Crippen LogP contribution in [-0.4, -0.2) is 41.7 Å². The van der Waals surface area contributed by atoms with Crippen LogP contribution in [-0.2, 0) is 12.2 Å². The van der Waals surface area contributed by atoms with E-state index in [2.05, 4.69) is 29.8 Å². The Hall–Kier alpha value is -3.24. The maximum Gasteiger partial charge on any atom is 0.293 e. The maximum atomic E-state index is 12.9. The van der Waals surface area contributed by atoms with E-state index in [0.29, 0.717) is 31.7 Å². The summed E-state index contributed by atoms with van der Waals surface area (Å²) in [5, 5.41) is 10.2. The highest BCUT2D eigenvalue weighted by Gasteiger charge is 2.37. The van der Waals surface area contributed by atoms with Crippen molar-refractivity contribution in [2.45, 2.75) is 30.8 Å². The van der Waals surface area contributed by atoms with Crippen molar-refractivity contribution in [3.05, 3.63) is 71.0 Å². The number of aromatic amines is 1. The normalized spacial score (nSPS) is 17.4. The number of H-pyrrole nitrogens is 1. The third kappa shape index (κ3) is 4.11. The number of fused-ring (bicyclic) bond motifs is 1. The number of nitrogens with zero attached hydrogens (tertiary/aromatic N) is 3. The molecular weight excluding hydrogens is 432 g/mol. The number of amides is 1. The van der Waals surface area contributed by atoms with Crippen LogP contribution >= 0.6 is 11.8 Å². The number of carbonyl (C=O) groups is 1. The summed E-state index contributed by atoms with van der Waals surface area (Å²) in [7, 11) is 0. The van der Waals surface area contributed by atoms with Crippen molar-refractivity contribution in [1.82, 2.24) is 4.90 Å². The molecule has 5 rings (SSSR count). The van der Waals surface area contributed by atoms with E-state index in [1.54, 1.807) is 6.26 Å². The zero-order valence-electron chi connectivity index (χ0n) is 18.9. The fraction of sp³-hybridized carbons (Fsp3) is 0.346. The van der Waals surface area contributed by atoms with E-state index in [0.717, 1.165) is 46.1 Å². The average Bonchev–Trinajstić information content (AvgIpc) is 3.37. The Labute approximate surface area is 198 Å². The van der Waals surface area contributed by atoms with Crippen molar-refractivity contribution in [2.24, 2.45) is 0 Å². The highest BCUT2D eigenvalue weighted by Crippen LogP contribution is 2.43. The number of hydrogen-bond acceptors (Lipinski definition) is 5. The average molecular weight is 460 g/mol. The summed E-state index contributed by atoms with van der Waals surface area (Å²) in [5.74, 6) is 2.51. The lowest BCUT2D eigenvalue weighted by molar-refractivity contribution is -0.353. The Morgan fingerprint density at radius 1 is 1.09 bits per heavy atom. The van der Waals surface area contributed by atoms with E-state index in [-0.39, 0.29) is 10.7 Å².